The van der Waals surface area contributed by atoms with Gasteiger partial charge in [-0.05, 0) is 27.7 Å². The van der Waals surface area contributed by atoms with E-state index in [1.807, 2.05) is 20.8 Å². The van der Waals surface area contributed by atoms with Crippen molar-refractivity contribution in [2.24, 2.45) is 0 Å². The van der Waals surface area contributed by atoms with Crippen molar-refractivity contribution in [3.05, 3.63) is 0 Å². The zero-order chi connectivity index (χ0) is 29.8. The molecule has 4 rings (SSSR count). The summed E-state index contributed by atoms with van der Waals surface area (Å²) in [6, 6.07) is 0. The summed E-state index contributed by atoms with van der Waals surface area (Å²) in [5.74, 6) is 0. The quantitative estimate of drug-likeness (QED) is 0.373. The maximum atomic E-state index is 10.3. The molecule has 0 amide bonds. The lowest BCUT2D eigenvalue weighted by Crippen LogP contribution is -2.57. The molecular formula is C28H50O13. The lowest BCUT2D eigenvalue weighted by atomic mass is 9.98. The van der Waals surface area contributed by atoms with Gasteiger partial charge in [0.25, 0.3) is 0 Å². The Balaban J connectivity index is 1.33. The Bertz CT molecular complexity index is 790. The van der Waals surface area contributed by atoms with Crippen LogP contribution in [-0.4, -0.2) is 137 Å². The minimum atomic E-state index is -0.891. The van der Waals surface area contributed by atoms with Gasteiger partial charge in [-0.25, -0.2) is 0 Å². The van der Waals surface area contributed by atoms with Gasteiger partial charge in [-0.3, -0.25) is 0 Å². The van der Waals surface area contributed by atoms with Gasteiger partial charge in [-0.1, -0.05) is 0 Å². The third-order valence-corrected chi connectivity index (χ3v) is 8.67. The first-order valence-corrected chi connectivity index (χ1v) is 14.6. The molecule has 4 fully saturated rings. The van der Waals surface area contributed by atoms with E-state index in [2.05, 4.69) is 0 Å². The molecule has 4 saturated heterocycles. The van der Waals surface area contributed by atoms with Crippen molar-refractivity contribution < 1.29 is 62.3 Å². The molecule has 2 N–H and O–H groups in total. The van der Waals surface area contributed by atoms with E-state index in [-0.39, 0.29) is 42.7 Å². The standard InChI is InChI=1S/C28H50O13/c1-13-25(30)17(31-5)10-22(36-13)39-27-15(3)38-24(12-19(27)33-7)41-28-16(4)37-23(11-20(28)34-8)40-26-14(2)35-21(29)9-18(26)32-6/h13-30H,9-12H2,1-8H3/t13-,14+,15-,16+,17-,18-,19-,20-,21?,22+,23-,24+,25-,26+,27-,28+/m1/s1. The maximum Gasteiger partial charge on any atom is 0.161 e. The predicted molar refractivity (Wildman–Crippen MR) is 142 cm³/mol. The highest BCUT2D eigenvalue weighted by Gasteiger charge is 2.47. The van der Waals surface area contributed by atoms with Gasteiger partial charge >= 0.3 is 0 Å². The van der Waals surface area contributed by atoms with E-state index in [9.17, 15) is 10.2 Å². The molecule has 0 aromatic rings. The minimum Gasteiger partial charge on any atom is -0.388 e. The SMILES string of the molecule is CO[C@@H]1C[C@H](O[C@@H]2[C@@H](C)O[C@@H](O[C@H]3[C@H](C)O[C@H](O[C@H]4[C@H](C)OC(O)C[C@H]4OC)C[C@H]3OC)C[C@H]2OC)O[C@H](C)[C@H]1O. The Labute approximate surface area is 242 Å². The molecular weight excluding hydrogens is 544 g/mol. The fourth-order valence-corrected chi connectivity index (χ4v) is 6.33. The Morgan fingerprint density at radius 3 is 1.22 bits per heavy atom. The average Bonchev–Trinajstić information content (AvgIpc) is 2.94. The molecule has 4 aliphatic heterocycles. The number of aliphatic hydroxyl groups is 2. The van der Waals surface area contributed by atoms with Crippen LogP contribution in [0.1, 0.15) is 53.4 Å². The number of aliphatic hydroxyl groups excluding tert-OH is 2. The van der Waals surface area contributed by atoms with Gasteiger partial charge in [-0.15, -0.1) is 0 Å². The Kier molecular flexibility index (Phi) is 12.2. The van der Waals surface area contributed by atoms with E-state index in [4.69, 9.17) is 52.1 Å². The van der Waals surface area contributed by atoms with Crippen LogP contribution in [0, 0.1) is 0 Å². The maximum absolute atomic E-state index is 10.3. The predicted octanol–water partition coefficient (Wildman–Crippen LogP) is 1.09. The summed E-state index contributed by atoms with van der Waals surface area (Å²) >= 11 is 0. The molecule has 41 heavy (non-hydrogen) atoms. The molecule has 4 aliphatic rings. The summed E-state index contributed by atoms with van der Waals surface area (Å²) in [4.78, 5) is 0. The first-order valence-electron chi connectivity index (χ1n) is 14.6. The number of rotatable bonds is 10. The normalized spacial score (nSPS) is 49.6. The second kappa shape index (κ2) is 15.0. The van der Waals surface area contributed by atoms with Crippen LogP contribution < -0.4 is 0 Å². The Morgan fingerprint density at radius 2 is 0.805 bits per heavy atom. The van der Waals surface area contributed by atoms with Crippen LogP contribution in [0.15, 0.2) is 0 Å². The average molecular weight is 595 g/mol. The van der Waals surface area contributed by atoms with E-state index < -0.39 is 55.7 Å². The van der Waals surface area contributed by atoms with E-state index in [0.717, 1.165) is 0 Å². The van der Waals surface area contributed by atoms with Crippen molar-refractivity contribution in [2.45, 2.75) is 152 Å². The molecule has 0 radical (unpaired) electrons. The van der Waals surface area contributed by atoms with Gasteiger partial charge in [0.2, 0.25) is 0 Å². The van der Waals surface area contributed by atoms with Crippen molar-refractivity contribution in [3.63, 3.8) is 0 Å². The molecule has 240 valence electrons. The fourth-order valence-electron chi connectivity index (χ4n) is 6.33. The van der Waals surface area contributed by atoms with Gasteiger partial charge in [0, 0.05) is 54.1 Å². The third-order valence-electron chi connectivity index (χ3n) is 8.67. The smallest absolute Gasteiger partial charge is 0.161 e. The summed E-state index contributed by atoms with van der Waals surface area (Å²) in [5.41, 5.74) is 0. The zero-order valence-corrected chi connectivity index (χ0v) is 25.5. The van der Waals surface area contributed by atoms with Crippen LogP contribution in [-0.2, 0) is 52.1 Å². The van der Waals surface area contributed by atoms with Crippen LogP contribution in [0.5, 0.6) is 0 Å². The van der Waals surface area contributed by atoms with E-state index in [0.29, 0.717) is 25.7 Å². The molecule has 0 aromatic heterocycles. The van der Waals surface area contributed by atoms with E-state index >= 15 is 0 Å². The third kappa shape index (κ3) is 7.96. The van der Waals surface area contributed by atoms with E-state index in [1.165, 1.54) is 0 Å². The minimum absolute atomic E-state index is 0.316. The summed E-state index contributed by atoms with van der Waals surface area (Å²) in [7, 11) is 6.43. The van der Waals surface area contributed by atoms with Crippen molar-refractivity contribution in [1.82, 2.24) is 0 Å². The van der Waals surface area contributed by atoms with Gasteiger partial charge in [0.05, 0.1) is 48.8 Å². The van der Waals surface area contributed by atoms with Crippen molar-refractivity contribution in [2.75, 3.05) is 28.4 Å². The number of methoxy groups -OCH3 is 4. The molecule has 0 aliphatic carbocycles. The van der Waals surface area contributed by atoms with Crippen LogP contribution in [0.3, 0.4) is 0 Å². The summed E-state index contributed by atoms with van der Waals surface area (Å²) < 4.78 is 65.6. The second-order valence-corrected chi connectivity index (χ2v) is 11.4. The van der Waals surface area contributed by atoms with Crippen LogP contribution >= 0.6 is 0 Å². The molecule has 0 saturated carbocycles. The van der Waals surface area contributed by atoms with Crippen molar-refractivity contribution >= 4 is 0 Å². The zero-order valence-electron chi connectivity index (χ0n) is 25.5. The molecule has 0 spiro atoms. The first kappa shape index (κ1) is 33.4. The highest BCUT2D eigenvalue weighted by molar-refractivity contribution is 4.90. The molecule has 0 aromatic carbocycles. The lowest BCUT2D eigenvalue weighted by Gasteiger charge is -2.46. The van der Waals surface area contributed by atoms with Crippen molar-refractivity contribution in [3.8, 4) is 0 Å². The van der Waals surface area contributed by atoms with Gasteiger partial charge in [0.1, 0.15) is 24.4 Å². The van der Waals surface area contributed by atoms with Gasteiger partial charge in [0.15, 0.2) is 25.2 Å². The molecule has 0 bridgehead atoms. The van der Waals surface area contributed by atoms with Gasteiger partial charge in [-0.2, -0.15) is 0 Å². The van der Waals surface area contributed by atoms with E-state index in [1.54, 1.807) is 35.4 Å². The molecule has 1 unspecified atom stereocenters. The largest absolute Gasteiger partial charge is 0.388 e. The number of hydrogen-bond donors (Lipinski definition) is 2. The highest BCUT2D eigenvalue weighted by atomic mass is 16.8. The Morgan fingerprint density at radius 1 is 0.463 bits per heavy atom. The fraction of sp³-hybridized carbons (Fsp3) is 1.00. The second-order valence-electron chi connectivity index (χ2n) is 11.4. The number of ether oxygens (including phenoxy) is 11. The first-order chi connectivity index (χ1) is 19.6. The lowest BCUT2D eigenvalue weighted by molar-refractivity contribution is -0.345. The summed E-state index contributed by atoms with van der Waals surface area (Å²) in [5, 5.41) is 20.2. The van der Waals surface area contributed by atoms with Crippen LogP contribution in [0.25, 0.3) is 0 Å². The highest BCUT2D eigenvalue weighted by Crippen LogP contribution is 2.35. The topological polar surface area (TPSA) is 142 Å². The summed E-state index contributed by atoms with van der Waals surface area (Å²) in [6.45, 7) is 7.47. The van der Waals surface area contributed by atoms with Crippen molar-refractivity contribution in [1.29, 1.82) is 0 Å². The van der Waals surface area contributed by atoms with Crippen LogP contribution in [0.4, 0.5) is 0 Å². The summed E-state index contributed by atoms with van der Waals surface area (Å²) in [6.07, 6.45) is -5.86. The van der Waals surface area contributed by atoms with Crippen LogP contribution in [0.2, 0.25) is 0 Å². The molecule has 13 heteroatoms. The molecule has 13 nitrogen and oxygen atoms in total. The number of hydrogen-bond acceptors (Lipinski definition) is 13. The monoisotopic (exact) mass is 594 g/mol. The Hall–Kier alpha value is -0.520. The molecule has 16 atom stereocenters. The van der Waals surface area contributed by atoms with Gasteiger partial charge < -0.3 is 62.3 Å². The molecule has 4 heterocycles.